The minimum absolute atomic E-state index is 0.0248. The maximum absolute atomic E-state index is 12.2. The Balaban J connectivity index is 2.72. The van der Waals surface area contributed by atoms with Crippen molar-refractivity contribution in [2.24, 2.45) is 5.10 Å². The average molecular weight is 216 g/mol. The van der Waals surface area contributed by atoms with E-state index in [-0.39, 0.29) is 5.91 Å². The predicted molar refractivity (Wildman–Crippen MR) is 64.4 cm³/mol. The Morgan fingerprint density at radius 1 is 1.25 bits per heavy atom. The molecule has 0 aliphatic carbocycles. The van der Waals surface area contributed by atoms with Gasteiger partial charge in [0.2, 0.25) is 0 Å². The lowest BCUT2D eigenvalue weighted by atomic mass is 9.80. The number of carbonyl (C=O) groups is 1. The van der Waals surface area contributed by atoms with E-state index in [4.69, 9.17) is 0 Å². The van der Waals surface area contributed by atoms with Gasteiger partial charge in [-0.25, -0.2) is 5.01 Å². The Hall–Kier alpha value is -1.64. The zero-order valence-corrected chi connectivity index (χ0v) is 10.1. The van der Waals surface area contributed by atoms with E-state index in [2.05, 4.69) is 5.10 Å². The molecule has 0 aromatic heterocycles. The van der Waals surface area contributed by atoms with Gasteiger partial charge in [0.25, 0.3) is 5.91 Å². The van der Waals surface area contributed by atoms with Gasteiger partial charge in [-0.05, 0) is 26.3 Å². The fourth-order valence-corrected chi connectivity index (χ4v) is 2.19. The first-order valence-electron chi connectivity index (χ1n) is 5.38. The van der Waals surface area contributed by atoms with Crippen LogP contribution in [0.15, 0.2) is 29.4 Å². The highest BCUT2D eigenvalue weighted by Crippen LogP contribution is 2.31. The standard InChI is InChI=1S/C13H16N2O/c1-9-10-7-5-6-8-11(10)13(2,3)12(16)15(4)14-9/h5-8H,1-4H3. The van der Waals surface area contributed by atoms with Crippen LogP contribution in [0.2, 0.25) is 0 Å². The number of hydrazone groups is 1. The average Bonchev–Trinajstić information content (AvgIpc) is 2.32. The van der Waals surface area contributed by atoms with Gasteiger partial charge >= 0.3 is 0 Å². The van der Waals surface area contributed by atoms with Crippen LogP contribution < -0.4 is 0 Å². The van der Waals surface area contributed by atoms with Crippen LogP contribution in [0.5, 0.6) is 0 Å². The zero-order valence-electron chi connectivity index (χ0n) is 10.1. The number of hydrogen-bond acceptors (Lipinski definition) is 2. The molecule has 1 aromatic rings. The summed E-state index contributed by atoms with van der Waals surface area (Å²) in [5.74, 6) is 0.0248. The van der Waals surface area contributed by atoms with Crippen LogP contribution in [-0.4, -0.2) is 23.7 Å². The van der Waals surface area contributed by atoms with Crippen LogP contribution in [0, 0.1) is 0 Å². The first-order chi connectivity index (χ1) is 7.44. The van der Waals surface area contributed by atoms with E-state index in [0.29, 0.717) is 0 Å². The Morgan fingerprint density at radius 3 is 2.56 bits per heavy atom. The monoisotopic (exact) mass is 216 g/mol. The number of nitrogens with zero attached hydrogens (tertiary/aromatic N) is 2. The molecule has 1 heterocycles. The van der Waals surface area contributed by atoms with Crippen molar-refractivity contribution in [3.8, 4) is 0 Å². The van der Waals surface area contributed by atoms with Gasteiger partial charge < -0.3 is 0 Å². The van der Waals surface area contributed by atoms with Crippen LogP contribution in [0.3, 0.4) is 0 Å². The molecular formula is C13H16N2O. The first-order valence-corrected chi connectivity index (χ1v) is 5.38. The van der Waals surface area contributed by atoms with E-state index in [1.54, 1.807) is 7.05 Å². The summed E-state index contributed by atoms with van der Waals surface area (Å²) in [4.78, 5) is 12.2. The molecule has 0 unspecified atom stereocenters. The van der Waals surface area contributed by atoms with Gasteiger partial charge in [-0.15, -0.1) is 0 Å². The minimum Gasteiger partial charge on any atom is -0.272 e. The summed E-state index contributed by atoms with van der Waals surface area (Å²) >= 11 is 0. The van der Waals surface area contributed by atoms with Crippen LogP contribution in [0.1, 0.15) is 31.9 Å². The van der Waals surface area contributed by atoms with E-state index < -0.39 is 5.41 Å². The second-order valence-electron chi connectivity index (χ2n) is 4.68. The van der Waals surface area contributed by atoms with Gasteiger partial charge in [-0.3, -0.25) is 4.79 Å². The molecule has 0 bridgehead atoms. The van der Waals surface area contributed by atoms with Crippen molar-refractivity contribution in [2.45, 2.75) is 26.2 Å². The molecule has 1 amide bonds. The van der Waals surface area contributed by atoms with Crippen molar-refractivity contribution in [3.63, 3.8) is 0 Å². The Labute approximate surface area is 95.8 Å². The van der Waals surface area contributed by atoms with Crippen LogP contribution in [-0.2, 0) is 10.2 Å². The summed E-state index contributed by atoms with van der Waals surface area (Å²) < 4.78 is 0. The number of likely N-dealkylation sites (N-methyl/N-ethyl adjacent to an activating group) is 1. The fraction of sp³-hybridized carbons (Fsp3) is 0.385. The van der Waals surface area contributed by atoms with Gasteiger partial charge in [0.05, 0.1) is 11.1 Å². The molecule has 16 heavy (non-hydrogen) atoms. The SMILES string of the molecule is CC1=NN(C)C(=O)C(C)(C)c2ccccc21. The number of benzene rings is 1. The van der Waals surface area contributed by atoms with Gasteiger partial charge in [-0.2, -0.15) is 5.10 Å². The second-order valence-corrected chi connectivity index (χ2v) is 4.68. The largest absolute Gasteiger partial charge is 0.272 e. The van der Waals surface area contributed by atoms with E-state index in [1.165, 1.54) is 5.01 Å². The fourth-order valence-electron chi connectivity index (χ4n) is 2.19. The summed E-state index contributed by atoms with van der Waals surface area (Å²) in [6.45, 7) is 5.82. The second kappa shape index (κ2) is 3.44. The minimum atomic E-state index is -0.521. The molecule has 1 aliphatic rings. The summed E-state index contributed by atoms with van der Waals surface area (Å²) in [6.07, 6.45) is 0. The molecule has 0 saturated heterocycles. The lowest BCUT2D eigenvalue weighted by Gasteiger charge is -2.25. The Morgan fingerprint density at radius 2 is 1.88 bits per heavy atom. The maximum atomic E-state index is 12.2. The highest BCUT2D eigenvalue weighted by atomic mass is 16.2. The smallest absolute Gasteiger partial charge is 0.252 e. The number of hydrogen-bond donors (Lipinski definition) is 0. The van der Waals surface area contributed by atoms with Gasteiger partial charge in [0, 0.05) is 12.6 Å². The highest BCUT2D eigenvalue weighted by molar-refractivity contribution is 6.04. The van der Waals surface area contributed by atoms with Crippen molar-refractivity contribution in [1.82, 2.24) is 5.01 Å². The van der Waals surface area contributed by atoms with Crippen LogP contribution >= 0.6 is 0 Å². The quantitative estimate of drug-likeness (QED) is 0.654. The van der Waals surface area contributed by atoms with E-state index in [1.807, 2.05) is 45.0 Å². The molecular weight excluding hydrogens is 200 g/mol. The van der Waals surface area contributed by atoms with Crippen molar-refractivity contribution in [2.75, 3.05) is 7.05 Å². The summed E-state index contributed by atoms with van der Waals surface area (Å²) in [6, 6.07) is 7.96. The third-order valence-electron chi connectivity index (χ3n) is 3.12. The molecule has 0 saturated carbocycles. The molecule has 0 spiro atoms. The van der Waals surface area contributed by atoms with Crippen molar-refractivity contribution < 1.29 is 4.79 Å². The molecule has 1 aromatic carbocycles. The lowest BCUT2D eigenvalue weighted by Crippen LogP contribution is -2.37. The summed E-state index contributed by atoms with van der Waals surface area (Å²) in [5, 5.41) is 5.73. The van der Waals surface area contributed by atoms with Gasteiger partial charge in [0.1, 0.15) is 0 Å². The summed E-state index contributed by atoms with van der Waals surface area (Å²) in [5.41, 5.74) is 2.47. The zero-order chi connectivity index (χ0) is 11.9. The molecule has 1 aliphatic heterocycles. The number of carbonyl (C=O) groups excluding carboxylic acids is 1. The molecule has 3 heteroatoms. The van der Waals surface area contributed by atoms with E-state index in [0.717, 1.165) is 16.8 Å². The molecule has 2 rings (SSSR count). The van der Waals surface area contributed by atoms with Crippen LogP contribution in [0.25, 0.3) is 0 Å². The Bertz CT molecular complexity index is 475. The van der Waals surface area contributed by atoms with E-state index >= 15 is 0 Å². The number of rotatable bonds is 0. The molecule has 0 fully saturated rings. The predicted octanol–water partition coefficient (Wildman–Crippen LogP) is 2.16. The maximum Gasteiger partial charge on any atom is 0.252 e. The third-order valence-corrected chi connectivity index (χ3v) is 3.12. The van der Waals surface area contributed by atoms with Crippen LogP contribution in [0.4, 0.5) is 0 Å². The third kappa shape index (κ3) is 1.43. The summed E-state index contributed by atoms with van der Waals surface area (Å²) in [7, 11) is 1.71. The molecule has 0 N–H and O–H groups in total. The normalized spacial score (nSPS) is 18.9. The molecule has 3 nitrogen and oxygen atoms in total. The van der Waals surface area contributed by atoms with Crippen molar-refractivity contribution in [3.05, 3.63) is 35.4 Å². The first kappa shape index (κ1) is 10.9. The number of fused-ring (bicyclic) bond motifs is 1. The van der Waals surface area contributed by atoms with Gasteiger partial charge in [0.15, 0.2) is 0 Å². The number of amides is 1. The lowest BCUT2D eigenvalue weighted by molar-refractivity contribution is -0.134. The topological polar surface area (TPSA) is 32.7 Å². The van der Waals surface area contributed by atoms with Gasteiger partial charge in [-0.1, -0.05) is 24.3 Å². The van der Waals surface area contributed by atoms with Crippen molar-refractivity contribution in [1.29, 1.82) is 0 Å². The highest BCUT2D eigenvalue weighted by Gasteiger charge is 2.36. The van der Waals surface area contributed by atoms with E-state index in [9.17, 15) is 4.79 Å². The van der Waals surface area contributed by atoms with Crippen molar-refractivity contribution >= 4 is 11.6 Å². The molecule has 0 radical (unpaired) electrons. The Kier molecular flexibility index (Phi) is 2.34. The molecule has 84 valence electrons. The molecule has 0 atom stereocenters.